The van der Waals surface area contributed by atoms with E-state index in [0.29, 0.717) is 78.3 Å². The second kappa shape index (κ2) is 56.3. The Kier molecular flexibility index (Phi) is 45.8. The molecule has 0 saturated carbocycles. The lowest BCUT2D eigenvalue weighted by molar-refractivity contribution is -0.159. The molecule has 24 heteroatoms. The van der Waals surface area contributed by atoms with Gasteiger partial charge in [0.05, 0.1) is 65.7 Å². The number of carbonyl (C=O) groups is 12. The minimum atomic E-state index is -1.57. The van der Waals surface area contributed by atoms with Crippen LogP contribution >= 0.6 is 0 Å². The topological polar surface area (TPSA) is 353 Å². The van der Waals surface area contributed by atoms with Gasteiger partial charge in [-0.15, -0.1) is 0 Å². The number of carboxylic acid groups (broad SMARTS) is 2. The number of anilines is 2. The highest BCUT2D eigenvalue weighted by Gasteiger charge is 2.56. The number of rotatable bonds is 50. The first-order valence-electron chi connectivity index (χ1n) is 47.3. The molecule has 15 atom stereocenters. The minimum Gasteiger partial charge on any atom is -0.481 e. The predicted molar refractivity (Wildman–Crippen MR) is 510 cm³/mol. The second-order valence-electron chi connectivity index (χ2n) is 35.1. The summed E-state index contributed by atoms with van der Waals surface area (Å²) in [6.07, 6.45) is 17.4. The molecule has 131 heavy (non-hydrogen) atoms. The van der Waals surface area contributed by atoms with E-state index in [9.17, 15) is 53.4 Å². The van der Waals surface area contributed by atoms with Crippen molar-refractivity contribution >= 4 is 82.6 Å². The number of aliphatic hydroxyl groups excluding tert-OH is 1. The number of aliphatic hydroxyl groups is 1. The number of cyclic esters (lactones) is 4. The number of amides is 4. The zero-order valence-electron chi connectivity index (χ0n) is 78.7. The summed E-state index contributed by atoms with van der Waals surface area (Å²) in [4.78, 5) is 170. The molecule has 3 aliphatic rings. The Morgan fingerprint density at radius 1 is 0.443 bits per heavy atom. The monoisotopic (exact) mass is 1800 g/mol. The van der Waals surface area contributed by atoms with Crippen molar-refractivity contribution in [2.75, 3.05) is 77.4 Å². The van der Waals surface area contributed by atoms with Gasteiger partial charge in [-0.25, -0.2) is 0 Å². The van der Waals surface area contributed by atoms with Crippen molar-refractivity contribution < 1.29 is 87.1 Å². The van der Waals surface area contributed by atoms with Crippen molar-refractivity contribution in [3.63, 3.8) is 0 Å². The van der Waals surface area contributed by atoms with Gasteiger partial charge in [-0.3, -0.25) is 62.4 Å². The van der Waals surface area contributed by atoms with Crippen molar-refractivity contribution in [1.29, 1.82) is 0 Å². The molecule has 10 rings (SSSR count). The molecular weight excluding hydrogens is 1660 g/mol. The largest absolute Gasteiger partial charge is 0.481 e. The van der Waals surface area contributed by atoms with Crippen LogP contribution in [0.5, 0.6) is 0 Å². The van der Waals surface area contributed by atoms with Crippen LogP contribution in [0.25, 0.3) is 0 Å². The third-order valence-corrected chi connectivity index (χ3v) is 25.8. The highest BCUT2D eigenvalue weighted by atomic mass is 16.6. The molecule has 15 unspecified atom stereocenters. The molecule has 4 amide bonds. The third kappa shape index (κ3) is 31.3. The maximum Gasteiger partial charge on any atom is 0.318 e. The van der Waals surface area contributed by atoms with Crippen LogP contribution < -0.4 is 26.2 Å². The molecule has 24 nitrogen and oxygen atoms in total. The number of nitrogens with zero attached hydrogens (tertiary/aromatic N) is 3. The second-order valence-corrected chi connectivity index (χ2v) is 35.1. The van der Waals surface area contributed by atoms with Crippen molar-refractivity contribution in [1.82, 2.24) is 15.5 Å². The molecule has 3 fully saturated rings. The number of ether oxygens (including phenoxy) is 3. The lowest BCUT2D eigenvalue weighted by Crippen LogP contribution is -2.44. The van der Waals surface area contributed by atoms with Crippen molar-refractivity contribution in [2.45, 2.75) is 213 Å². The van der Waals surface area contributed by atoms with E-state index >= 15 is 14.4 Å². The molecule has 3 heterocycles. The fraction of sp³-hybridized carbons (Fsp3) is 0.495. The molecule has 708 valence electrons. The number of aliphatic carboxylic acids is 2. The molecule has 3 saturated heterocycles. The van der Waals surface area contributed by atoms with Crippen molar-refractivity contribution in [2.24, 2.45) is 64.9 Å². The first kappa shape index (κ1) is 107. The summed E-state index contributed by atoms with van der Waals surface area (Å²) in [7, 11) is 7.69. The van der Waals surface area contributed by atoms with Gasteiger partial charge in [0.15, 0.2) is 5.78 Å². The van der Waals surface area contributed by atoms with E-state index in [1.165, 1.54) is 69.1 Å². The van der Waals surface area contributed by atoms with Gasteiger partial charge in [0.2, 0.25) is 17.7 Å². The van der Waals surface area contributed by atoms with Crippen molar-refractivity contribution in [3.05, 3.63) is 239 Å². The number of Topliss-reactive ketones (excluding diaryl/α,β-unsaturated/α-hetero) is 1. The summed E-state index contributed by atoms with van der Waals surface area (Å²) < 4.78 is 15.8. The number of unbranched alkanes of at least 4 members (excludes halogenated alkanes) is 11. The SMILES string of the molecule is CCC(c1ccccc1)C1C(=O)OC(=O)C1C.CCCCCCCCCCCCN.CCCCNC(=O)C(C(CC(c1ccccc1)C1C(=O)OC(=O)C1C)C(=O)O)C(CC1C(=O)N(CCCC)C(=O)C1C(CC(C(=O)O)C(C(=O)OCCNC(=O)c1ccc(N(C)C)cc1)C(CC)c1ccccc1)c1ccccc1)c1ccccc1.CN(C)c1ccc(C(=O)CCCO)cc1. The third-order valence-electron chi connectivity index (χ3n) is 25.8. The first-order chi connectivity index (χ1) is 63.1. The van der Waals surface area contributed by atoms with Gasteiger partial charge in [-0.05, 0) is 170 Å². The molecule has 0 bridgehead atoms. The van der Waals surface area contributed by atoms with Gasteiger partial charge in [-0.2, -0.15) is 0 Å². The smallest absolute Gasteiger partial charge is 0.318 e. The average Bonchev–Trinajstić information content (AvgIpc) is 1.62. The number of nitrogens with one attached hydrogen (secondary N) is 2. The predicted octanol–water partition coefficient (Wildman–Crippen LogP) is 18.1. The quantitative estimate of drug-likeness (QED) is 0.00515. The number of likely N-dealkylation sites (tertiary alicyclic amines) is 1. The van der Waals surface area contributed by atoms with Crippen LogP contribution in [0.1, 0.15) is 261 Å². The maximum absolute atomic E-state index is 15.7. The molecule has 7 aromatic rings. The summed E-state index contributed by atoms with van der Waals surface area (Å²) in [6, 6.07) is 59.6. The molecular formula is C107H142N6O18. The van der Waals surface area contributed by atoms with Gasteiger partial charge in [0.1, 0.15) is 6.61 Å². The Labute approximate surface area is 775 Å². The van der Waals surface area contributed by atoms with Gasteiger partial charge in [-0.1, -0.05) is 271 Å². The summed E-state index contributed by atoms with van der Waals surface area (Å²) in [5, 5.41) is 37.7. The molecule has 0 radical (unpaired) electrons. The molecule has 0 aromatic heterocycles. The standard InChI is InChI=1S/C69H82N4O13.C14H16O3.C12H17NO2.C12H27N/c1-7-10-36-70-62(75)58(55(65(78)79)41-51(45-26-18-13-19-27-45)57-43(4)67(82)86-69(57)84)52(46-28-20-14-21-29-46)40-54-59(64(77)73(63(54)76)38-11-8-2)53(47-30-22-15-23-31-47)42-56(66(80)81)60(50(9-3)44-24-16-12-17-25-44)68(83)85-39-37-71-61(74)48-32-34-49(35-33-48)72(5)6;1-3-11(10-7-5-4-6-8-10)12-9(2)13(15)17-14(12)16;1-13(2)11-7-5-10(6-8-11)12(15)4-3-9-14;1-2-3-4-5-6-7-8-9-10-11-12-13/h12-35,43,50-60H,7-11,36-42H2,1-6H3,(H,70,75)(H,71,74)(H,78,79)(H,80,81);4-9,11-12H,3H2,1-2H3;5-8,14H,3-4,9H2,1-2H3;2-13H2,1H3. The summed E-state index contributed by atoms with van der Waals surface area (Å²) in [5.41, 5.74) is 11.8. The lowest BCUT2D eigenvalue weighted by Gasteiger charge is -2.37. The summed E-state index contributed by atoms with van der Waals surface area (Å²) in [6.45, 7) is 14.1. The van der Waals surface area contributed by atoms with Crippen LogP contribution in [-0.4, -0.2) is 159 Å². The van der Waals surface area contributed by atoms with E-state index < -0.39 is 130 Å². The number of esters is 5. The molecule has 0 aliphatic carbocycles. The van der Waals surface area contributed by atoms with Crippen molar-refractivity contribution in [3.8, 4) is 0 Å². The molecule has 0 spiro atoms. The number of hydrogen-bond donors (Lipinski definition) is 6. The molecule has 3 aliphatic heterocycles. The van der Waals surface area contributed by atoms with E-state index in [4.69, 9.17) is 25.1 Å². The van der Waals surface area contributed by atoms with Crippen LogP contribution in [0, 0.1) is 59.2 Å². The number of ketones is 1. The highest BCUT2D eigenvalue weighted by Crippen LogP contribution is 2.52. The summed E-state index contributed by atoms with van der Waals surface area (Å²) >= 11 is 0. The number of imide groups is 1. The maximum atomic E-state index is 15.7. The van der Waals surface area contributed by atoms with Gasteiger partial charge in [0, 0.05) is 76.8 Å². The fourth-order valence-electron chi connectivity index (χ4n) is 18.4. The van der Waals surface area contributed by atoms with E-state index in [1.54, 1.807) is 141 Å². The van der Waals surface area contributed by atoms with Gasteiger partial charge >= 0.3 is 41.8 Å². The van der Waals surface area contributed by atoms with E-state index in [1.807, 2.05) is 138 Å². The first-order valence-corrected chi connectivity index (χ1v) is 47.3. The zero-order valence-corrected chi connectivity index (χ0v) is 78.7. The number of nitrogens with two attached hydrogens (primary N) is 1. The van der Waals surface area contributed by atoms with Gasteiger partial charge in [0.25, 0.3) is 5.91 Å². The Morgan fingerprint density at radius 2 is 0.855 bits per heavy atom. The molecule has 7 aromatic carbocycles. The van der Waals surface area contributed by atoms with Crippen LogP contribution in [0.15, 0.2) is 200 Å². The molecule has 7 N–H and O–H groups in total. The van der Waals surface area contributed by atoms with Crippen LogP contribution in [0.3, 0.4) is 0 Å². The lowest BCUT2D eigenvalue weighted by atomic mass is 9.64. The number of carboxylic acids is 2. The van der Waals surface area contributed by atoms with E-state index in [2.05, 4.69) is 17.6 Å². The van der Waals surface area contributed by atoms with Crippen LogP contribution in [0.4, 0.5) is 11.4 Å². The van der Waals surface area contributed by atoms with E-state index in [-0.39, 0.29) is 81.6 Å². The highest BCUT2D eigenvalue weighted by molar-refractivity contribution is 6.06. The Hall–Kier alpha value is -11.5. The van der Waals surface area contributed by atoms with Gasteiger partial charge < -0.3 is 55.7 Å². The van der Waals surface area contributed by atoms with Crippen LogP contribution in [-0.2, 0) is 62.2 Å². The zero-order chi connectivity index (χ0) is 95.5. The number of hydrogen-bond acceptors (Lipinski definition) is 19. The normalized spacial score (nSPS) is 18.3. The summed E-state index contributed by atoms with van der Waals surface area (Å²) in [5.74, 6) is -22.9. The number of carbonyl (C=O) groups excluding carboxylic acids is 10. The van der Waals surface area contributed by atoms with E-state index in [0.717, 1.165) is 29.9 Å². The number of benzene rings is 7. The fourth-order valence-corrected chi connectivity index (χ4v) is 18.4. The Morgan fingerprint density at radius 3 is 1.27 bits per heavy atom. The van der Waals surface area contributed by atoms with Crippen LogP contribution in [0.2, 0.25) is 0 Å². The minimum absolute atomic E-state index is 0.0334. The Bertz CT molecular complexity index is 4680. The Balaban J connectivity index is 0.000000417. The average molecular weight is 1800 g/mol.